The average Bonchev–Trinajstić information content (AvgIpc) is 2.64. The number of fused-ring (bicyclic) bond motifs is 2. The number of rotatable bonds is 5. The molecule has 0 atom stereocenters. The Balaban J connectivity index is 1.45. The van der Waals surface area contributed by atoms with E-state index in [1.54, 1.807) is 24.5 Å². The molecule has 0 unspecified atom stereocenters. The highest BCUT2D eigenvalue weighted by Gasteiger charge is 2.04. The Morgan fingerprint density at radius 3 is 1.58 bits per heavy atom. The van der Waals surface area contributed by atoms with Crippen LogP contribution in [-0.2, 0) is 0 Å². The Labute approximate surface area is 148 Å². The third-order valence-electron chi connectivity index (χ3n) is 4.17. The molecule has 0 radical (unpaired) electrons. The second-order valence-corrected chi connectivity index (χ2v) is 5.89. The van der Waals surface area contributed by atoms with Gasteiger partial charge in [-0.1, -0.05) is 0 Å². The largest absolute Gasteiger partial charge is 0.383 e. The minimum absolute atomic E-state index is 0.301. The van der Waals surface area contributed by atoms with Crippen LogP contribution in [-0.4, -0.2) is 23.1 Å². The molecule has 0 spiro atoms. The molecule has 2 N–H and O–H groups in total. The number of hydrogen-bond acceptors (Lipinski definition) is 4. The first-order valence-electron chi connectivity index (χ1n) is 8.27. The van der Waals surface area contributed by atoms with Crippen molar-refractivity contribution in [2.45, 2.75) is 0 Å². The summed E-state index contributed by atoms with van der Waals surface area (Å²) < 4.78 is 26.6. The molecule has 4 aromatic rings. The van der Waals surface area contributed by atoms with Gasteiger partial charge in [-0.2, -0.15) is 0 Å². The van der Waals surface area contributed by atoms with Crippen molar-refractivity contribution in [3.05, 3.63) is 72.6 Å². The minimum atomic E-state index is -0.301. The Bertz CT molecular complexity index is 994. The van der Waals surface area contributed by atoms with Crippen LogP contribution in [0.15, 0.2) is 60.9 Å². The van der Waals surface area contributed by atoms with E-state index >= 15 is 0 Å². The van der Waals surface area contributed by atoms with E-state index < -0.39 is 0 Å². The summed E-state index contributed by atoms with van der Waals surface area (Å²) in [5, 5.41) is 8.42. The highest BCUT2D eigenvalue weighted by atomic mass is 19.1. The first-order chi connectivity index (χ1) is 12.7. The molecule has 0 aliphatic rings. The molecule has 26 heavy (non-hydrogen) atoms. The molecule has 0 saturated heterocycles. The fourth-order valence-corrected chi connectivity index (χ4v) is 2.95. The molecule has 0 aliphatic carbocycles. The van der Waals surface area contributed by atoms with E-state index in [0.717, 1.165) is 22.1 Å². The SMILES string of the molecule is Fc1ccc2c(NCCNc3ccnc4cc(F)ccc34)ccnc2c1. The Hall–Kier alpha value is -3.28. The Morgan fingerprint density at radius 1 is 0.654 bits per heavy atom. The van der Waals surface area contributed by atoms with Crippen molar-refractivity contribution >= 4 is 33.2 Å². The van der Waals surface area contributed by atoms with Crippen molar-refractivity contribution in [2.75, 3.05) is 23.7 Å². The zero-order valence-corrected chi connectivity index (χ0v) is 13.8. The monoisotopic (exact) mass is 350 g/mol. The van der Waals surface area contributed by atoms with Gasteiger partial charge in [0.25, 0.3) is 0 Å². The number of aromatic nitrogens is 2. The van der Waals surface area contributed by atoms with Crippen LogP contribution >= 0.6 is 0 Å². The lowest BCUT2D eigenvalue weighted by molar-refractivity contribution is 0.629. The molecule has 0 fully saturated rings. The highest BCUT2D eigenvalue weighted by molar-refractivity contribution is 5.92. The number of halogens is 2. The van der Waals surface area contributed by atoms with Gasteiger partial charge in [-0.25, -0.2) is 8.78 Å². The van der Waals surface area contributed by atoms with Crippen molar-refractivity contribution in [1.82, 2.24) is 9.97 Å². The first-order valence-corrected chi connectivity index (χ1v) is 8.27. The quantitative estimate of drug-likeness (QED) is 0.517. The third-order valence-corrected chi connectivity index (χ3v) is 4.17. The molecule has 2 aromatic heterocycles. The predicted molar refractivity (Wildman–Crippen MR) is 100 cm³/mol. The van der Waals surface area contributed by atoms with Gasteiger partial charge in [0.2, 0.25) is 0 Å². The Kier molecular flexibility index (Phi) is 4.31. The predicted octanol–water partition coefficient (Wildman–Crippen LogP) is 4.59. The van der Waals surface area contributed by atoms with Crippen LogP contribution in [0.3, 0.4) is 0 Å². The van der Waals surface area contributed by atoms with Gasteiger partial charge < -0.3 is 10.6 Å². The lowest BCUT2D eigenvalue weighted by atomic mass is 10.2. The van der Waals surface area contributed by atoms with Gasteiger partial charge in [-0.05, 0) is 36.4 Å². The van der Waals surface area contributed by atoms with Crippen molar-refractivity contribution in [3.63, 3.8) is 0 Å². The lowest BCUT2D eigenvalue weighted by Crippen LogP contribution is -2.14. The van der Waals surface area contributed by atoms with E-state index in [1.807, 2.05) is 12.1 Å². The fourth-order valence-electron chi connectivity index (χ4n) is 2.95. The second-order valence-electron chi connectivity index (χ2n) is 5.89. The number of nitrogens with one attached hydrogen (secondary N) is 2. The van der Waals surface area contributed by atoms with Crippen LogP contribution in [0.25, 0.3) is 21.8 Å². The Morgan fingerprint density at radius 2 is 1.12 bits per heavy atom. The van der Waals surface area contributed by atoms with E-state index in [4.69, 9.17) is 0 Å². The molecule has 2 heterocycles. The summed E-state index contributed by atoms with van der Waals surface area (Å²) in [5.41, 5.74) is 3.03. The van der Waals surface area contributed by atoms with Gasteiger partial charge in [0.15, 0.2) is 0 Å². The zero-order chi connectivity index (χ0) is 17.9. The highest BCUT2D eigenvalue weighted by Crippen LogP contribution is 2.23. The molecule has 130 valence electrons. The van der Waals surface area contributed by atoms with Crippen molar-refractivity contribution in [3.8, 4) is 0 Å². The maximum atomic E-state index is 13.3. The third kappa shape index (κ3) is 3.26. The number of benzene rings is 2. The van der Waals surface area contributed by atoms with Crippen LogP contribution in [0.2, 0.25) is 0 Å². The smallest absolute Gasteiger partial charge is 0.125 e. The summed E-state index contributed by atoms with van der Waals surface area (Å²) in [6.45, 7) is 1.31. The lowest BCUT2D eigenvalue weighted by Gasteiger charge is -2.12. The summed E-state index contributed by atoms with van der Waals surface area (Å²) >= 11 is 0. The maximum Gasteiger partial charge on any atom is 0.125 e. The topological polar surface area (TPSA) is 49.8 Å². The van der Waals surface area contributed by atoms with Gasteiger partial charge in [-0.3, -0.25) is 9.97 Å². The molecular formula is C20H16F2N4. The molecule has 0 saturated carbocycles. The van der Waals surface area contributed by atoms with E-state index in [9.17, 15) is 8.78 Å². The van der Waals surface area contributed by atoms with E-state index in [0.29, 0.717) is 24.1 Å². The van der Waals surface area contributed by atoms with Gasteiger partial charge in [-0.15, -0.1) is 0 Å². The van der Waals surface area contributed by atoms with Crippen LogP contribution in [0.4, 0.5) is 20.2 Å². The van der Waals surface area contributed by atoms with Gasteiger partial charge >= 0.3 is 0 Å². The van der Waals surface area contributed by atoms with Crippen LogP contribution in [0.1, 0.15) is 0 Å². The molecule has 0 amide bonds. The van der Waals surface area contributed by atoms with E-state index in [2.05, 4.69) is 20.6 Å². The summed E-state index contributed by atoms with van der Waals surface area (Å²) in [6, 6.07) is 12.9. The molecule has 2 aromatic carbocycles. The number of pyridine rings is 2. The summed E-state index contributed by atoms with van der Waals surface area (Å²) in [7, 11) is 0. The van der Waals surface area contributed by atoms with Crippen LogP contribution in [0, 0.1) is 11.6 Å². The zero-order valence-electron chi connectivity index (χ0n) is 13.8. The summed E-state index contributed by atoms with van der Waals surface area (Å²) in [6.07, 6.45) is 3.31. The van der Waals surface area contributed by atoms with Crippen LogP contribution in [0.5, 0.6) is 0 Å². The maximum absolute atomic E-state index is 13.3. The first kappa shape index (κ1) is 16.2. The van der Waals surface area contributed by atoms with Crippen molar-refractivity contribution in [2.24, 2.45) is 0 Å². The van der Waals surface area contributed by atoms with Crippen molar-refractivity contribution < 1.29 is 8.78 Å². The van der Waals surface area contributed by atoms with E-state index in [-0.39, 0.29) is 11.6 Å². The van der Waals surface area contributed by atoms with Crippen molar-refractivity contribution in [1.29, 1.82) is 0 Å². The molecule has 4 nitrogen and oxygen atoms in total. The van der Waals surface area contributed by atoms with Gasteiger partial charge in [0, 0.05) is 59.8 Å². The minimum Gasteiger partial charge on any atom is -0.383 e. The van der Waals surface area contributed by atoms with Crippen LogP contribution < -0.4 is 10.6 Å². The number of hydrogen-bond donors (Lipinski definition) is 2. The normalized spacial score (nSPS) is 11.0. The number of anilines is 2. The van der Waals surface area contributed by atoms with Gasteiger partial charge in [0.1, 0.15) is 11.6 Å². The van der Waals surface area contributed by atoms with E-state index in [1.165, 1.54) is 24.3 Å². The average molecular weight is 350 g/mol. The molecule has 6 heteroatoms. The summed E-state index contributed by atoms with van der Waals surface area (Å²) in [5.74, 6) is -0.602. The molecule has 0 aliphatic heterocycles. The number of nitrogens with zero attached hydrogens (tertiary/aromatic N) is 2. The molecule has 4 rings (SSSR count). The molecule has 0 bridgehead atoms. The second kappa shape index (κ2) is 6.92. The van der Waals surface area contributed by atoms with Gasteiger partial charge in [0.05, 0.1) is 11.0 Å². The summed E-state index contributed by atoms with van der Waals surface area (Å²) in [4.78, 5) is 8.37. The fraction of sp³-hybridized carbons (Fsp3) is 0.100. The standard InChI is InChI=1S/C20H16F2N4/c21-13-1-3-15-17(5-7-23-19(15)11-13)25-9-10-26-18-6-8-24-20-12-14(22)2-4-16(18)20/h1-8,11-12H,9-10H2,(H,23,25)(H,24,26). The molecular weight excluding hydrogens is 334 g/mol.